The second-order valence-electron chi connectivity index (χ2n) is 5.90. The first kappa shape index (κ1) is 17.5. The van der Waals surface area contributed by atoms with Crippen molar-refractivity contribution in [1.82, 2.24) is 5.32 Å². The van der Waals surface area contributed by atoms with Crippen LogP contribution in [0, 0.1) is 5.82 Å². The number of halogens is 2. The lowest BCUT2D eigenvalue weighted by atomic mass is 9.88. The maximum atomic E-state index is 13.7. The molecular formula is C19H18ClFN2O2. The molecule has 1 aliphatic rings. The Morgan fingerprint density at radius 3 is 2.64 bits per heavy atom. The zero-order chi connectivity index (χ0) is 17.9. The van der Waals surface area contributed by atoms with Crippen molar-refractivity contribution in [3.63, 3.8) is 0 Å². The van der Waals surface area contributed by atoms with Crippen molar-refractivity contribution in [2.45, 2.75) is 5.54 Å². The summed E-state index contributed by atoms with van der Waals surface area (Å²) in [5.41, 5.74) is 1.58. The summed E-state index contributed by atoms with van der Waals surface area (Å²) in [6, 6.07) is 12.4. The average Bonchev–Trinajstić information content (AvgIpc) is 2.59. The molecule has 0 aromatic heterocycles. The van der Waals surface area contributed by atoms with Crippen LogP contribution in [-0.2, 0) is 15.1 Å². The van der Waals surface area contributed by atoms with Gasteiger partial charge in [-0.25, -0.2) is 4.39 Å². The van der Waals surface area contributed by atoms with Crippen LogP contribution in [0.1, 0.15) is 11.1 Å². The second-order valence-corrected chi connectivity index (χ2v) is 6.31. The van der Waals surface area contributed by atoms with Gasteiger partial charge in [-0.3, -0.25) is 4.79 Å². The number of benzene rings is 2. The lowest BCUT2D eigenvalue weighted by Gasteiger charge is -2.42. The van der Waals surface area contributed by atoms with E-state index in [0.29, 0.717) is 24.5 Å². The van der Waals surface area contributed by atoms with Crippen molar-refractivity contribution in [2.24, 2.45) is 0 Å². The van der Waals surface area contributed by atoms with Crippen LogP contribution in [0.25, 0.3) is 6.08 Å². The largest absolute Gasteiger partial charge is 0.376 e. The molecule has 1 aliphatic heterocycles. The van der Waals surface area contributed by atoms with Gasteiger partial charge in [-0.05, 0) is 23.3 Å². The summed E-state index contributed by atoms with van der Waals surface area (Å²) in [7, 11) is 0. The van der Waals surface area contributed by atoms with Crippen LogP contribution in [0.4, 0.5) is 10.1 Å². The Kier molecular flexibility index (Phi) is 5.06. The van der Waals surface area contributed by atoms with Crippen LogP contribution in [0.15, 0.2) is 49.0 Å². The standard InChI is InChI=1S/C19H18ClFN2O2/c1-2-13-8-15(20)16(21)9-17(13)22-10-18(24)23-19(11-25-12-19)14-6-4-3-5-7-14/h2-9,22H,1,10-12H2,(H,23,24). The van der Waals surface area contributed by atoms with Crippen molar-refractivity contribution in [3.05, 3.63) is 71.0 Å². The minimum Gasteiger partial charge on any atom is -0.376 e. The fourth-order valence-electron chi connectivity index (χ4n) is 2.75. The first-order valence-corrected chi connectivity index (χ1v) is 8.21. The second kappa shape index (κ2) is 7.25. The Balaban J connectivity index is 1.67. The Morgan fingerprint density at radius 1 is 1.32 bits per heavy atom. The molecule has 1 saturated heterocycles. The van der Waals surface area contributed by atoms with Crippen molar-refractivity contribution < 1.29 is 13.9 Å². The summed E-state index contributed by atoms with van der Waals surface area (Å²) < 4.78 is 19.0. The maximum absolute atomic E-state index is 13.7. The Labute approximate surface area is 150 Å². The third-order valence-corrected chi connectivity index (χ3v) is 4.44. The van der Waals surface area contributed by atoms with Crippen molar-refractivity contribution in [2.75, 3.05) is 25.1 Å². The fourth-order valence-corrected chi connectivity index (χ4v) is 2.92. The Bertz CT molecular complexity index is 792. The first-order valence-electron chi connectivity index (χ1n) is 7.84. The molecule has 1 fully saturated rings. The Hall–Kier alpha value is -2.37. The number of rotatable bonds is 6. The van der Waals surface area contributed by atoms with E-state index in [1.807, 2.05) is 30.3 Å². The van der Waals surface area contributed by atoms with Crippen LogP contribution in [-0.4, -0.2) is 25.7 Å². The van der Waals surface area contributed by atoms with Gasteiger partial charge in [0.1, 0.15) is 11.4 Å². The molecule has 2 aromatic rings. The fraction of sp³-hybridized carbons (Fsp3) is 0.211. The Morgan fingerprint density at radius 2 is 2.04 bits per heavy atom. The molecule has 4 nitrogen and oxygen atoms in total. The first-order chi connectivity index (χ1) is 12.0. The molecular weight excluding hydrogens is 343 g/mol. The van der Waals surface area contributed by atoms with Gasteiger partial charge in [0.05, 0.1) is 24.8 Å². The number of carbonyl (C=O) groups is 1. The molecule has 3 rings (SSSR count). The van der Waals surface area contributed by atoms with Crippen molar-refractivity contribution in [1.29, 1.82) is 0 Å². The normalized spacial score (nSPS) is 15.1. The van der Waals surface area contributed by atoms with E-state index in [0.717, 1.165) is 5.56 Å². The highest BCUT2D eigenvalue weighted by Crippen LogP contribution is 2.29. The molecule has 1 heterocycles. The molecule has 0 aliphatic carbocycles. The van der Waals surface area contributed by atoms with E-state index in [1.54, 1.807) is 6.08 Å². The van der Waals surface area contributed by atoms with E-state index in [4.69, 9.17) is 16.3 Å². The van der Waals surface area contributed by atoms with E-state index in [1.165, 1.54) is 12.1 Å². The lowest BCUT2D eigenvalue weighted by molar-refractivity contribution is -0.132. The summed E-state index contributed by atoms with van der Waals surface area (Å²) in [5.74, 6) is -0.763. The van der Waals surface area contributed by atoms with Gasteiger partial charge in [0.25, 0.3) is 0 Å². The number of nitrogens with one attached hydrogen (secondary N) is 2. The summed E-state index contributed by atoms with van der Waals surface area (Å²) in [4.78, 5) is 12.4. The van der Waals surface area contributed by atoms with Crippen LogP contribution < -0.4 is 10.6 Å². The number of anilines is 1. The smallest absolute Gasteiger partial charge is 0.240 e. The molecule has 6 heteroatoms. The molecule has 0 atom stereocenters. The molecule has 0 unspecified atom stereocenters. The predicted octanol–water partition coefficient (Wildman–Crippen LogP) is 3.58. The van der Waals surface area contributed by atoms with E-state index in [9.17, 15) is 9.18 Å². The van der Waals surface area contributed by atoms with Crippen LogP contribution in [0.3, 0.4) is 0 Å². The number of hydrogen-bond acceptors (Lipinski definition) is 3. The lowest BCUT2D eigenvalue weighted by Crippen LogP contribution is -2.60. The van der Waals surface area contributed by atoms with Gasteiger partial charge in [0.15, 0.2) is 0 Å². The predicted molar refractivity (Wildman–Crippen MR) is 97.1 cm³/mol. The number of ether oxygens (including phenoxy) is 1. The molecule has 0 radical (unpaired) electrons. The van der Waals surface area contributed by atoms with Crippen LogP contribution in [0.5, 0.6) is 0 Å². The number of amides is 1. The van der Waals surface area contributed by atoms with E-state index in [-0.39, 0.29) is 17.5 Å². The van der Waals surface area contributed by atoms with Gasteiger partial charge in [-0.1, -0.05) is 54.6 Å². The number of hydrogen-bond donors (Lipinski definition) is 2. The SMILES string of the molecule is C=Cc1cc(Cl)c(F)cc1NCC(=O)NC1(c2ccccc2)COC1. The van der Waals surface area contributed by atoms with Crippen molar-refractivity contribution >= 4 is 29.3 Å². The van der Waals surface area contributed by atoms with Gasteiger partial charge < -0.3 is 15.4 Å². The highest BCUT2D eigenvalue weighted by molar-refractivity contribution is 6.31. The van der Waals surface area contributed by atoms with Crippen LogP contribution >= 0.6 is 11.6 Å². The van der Waals surface area contributed by atoms with Gasteiger partial charge >= 0.3 is 0 Å². The highest BCUT2D eigenvalue weighted by Gasteiger charge is 2.41. The quantitative estimate of drug-likeness (QED) is 0.828. The van der Waals surface area contributed by atoms with E-state index < -0.39 is 11.4 Å². The molecule has 2 aromatic carbocycles. The number of carbonyl (C=O) groups excluding carboxylic acids is 1. The van der Waals surface area contributed by atoms with E-state index >= 15 is 0 Å². The third kappa shape index (κ3) is 3.67. The summed E-state index contributed by atoms with van der Waals surface area (Å²) in [5, 5.41) is 5.95. The molecule has 0 saturated carbocycles. The topological polar surface area (TPSA) is 50.4 Å². The molecule has 2 N–H and O–H groups in total. The van der Waals surface area contributed by atoms with Crippen LogP contribution in [0.2, 0.25) is 5.02 Å². The monoisotopic (exact) mass is 360 g/mol. The zero-order valence-electron chi connectivity index (χ0n) is 13.5. The minimum atomic E-state index is -0.552. The summed E-state index contributed by atoms with van der Waals surface area (Å²) in [6.07, 6.45) is 1.55. The van der Waals surface area contributed by atoms with Gasteiger partial charge in [-0.2, -0.15) is 0 Å². The zero-order valence-corrected chi connectivity index (χ0v) is 14.3. The average molecular weight is 361 g/mol. The molecule has 130 valence electrons. The maximum Gasteiger partial charge on any atom is 0.240 e. The molecule has 1 amide bonds. The molecule has 25 heavy (non-hydrogen) atoms. The minimum absolute atomic E-state index is 0.00348. The molecule has 0 bridgehead atoms. The summed E-state index contributed by atoms with van der Waals surface area (Å²) >= 11 is 5.76. The van der Waals surface area contributed by atoms with E-state index in [2.05, 4.69) is 17.2 Å². The molecule has 0 spiro atoms. The van der Waals surface area contributed by atoms with Gasteiger partial charge in [0, 0.05) is 5.69 Å². The highest BCUT2D eigenvalue weighted by atomic mass is 35.5. The van der Waals surface area contributed by atoms with Gasteiger partial charge in [0.2, 0.25) is 5.91 Å². The summed E-state index contributed by atoms with van der Waals surface area (Å²) in [6.45, 7) is 4.52. The van der Waals surface area contributed by atoms with Crippen molar-refractivity contribution in [3.8, 4) is 0 Å². The van der Waals surface area contributed by atoms with Gasteiger partial charge in [-0.15, -0.1) is 0 Å². The third-order valence-electron chi connectivity index (χ3n) is 4.15.